The van der Waals surface area contributed by atoms with E-state index in [2.05, 4.69) is 18.5 Å². The molecule has 1 saturated carbocycles. The van der Waals surface area contributed by atoms with Gasteiger partial charge in [-0.1, -0.05) is 25.3 Å². The molecular weight excluding hydrogens is 589 g/mol. The molecular formula is C30H43F3N2O9. The van der Waals surface area contributed by atoms with E-state index in [9.17, 15) is 32.3 Å². The monoisotopic (exact) mass is 632 g/mol. The number of hydrogen-bond acceptors (Lipinski definition) is 7. The highest BCUT2D eigenvalue weighted by molar-refractivity contribution is 5.88. The summed E-state index contributed by atoms with van der Waals surface area (Å²) in [6, 6.07) is 4.32. The second-order valence-electron chi connectivity index (χ2n) is 11.1. The average Bonchev–Trinajstić information content (AvgIpc) is 2.92. The Bertz CT molecular complexity index is 1070. The van der Waals surface area contributed by atoms with Crippen LogP contribution in [0.1, 0.15) is 69.8 Å². The Morgan fingerprint density at radius 1 is 0.932 bits per heavy atom. The van der Waals surface area contributed by atoms with Crippen LogP contribution in [0.15, 0.2) is 36.9 Å². The molecule has 1 aromatic carbocycles. The summed E-state index contributed by atoms with van der Waals surface area (Å²) in [4.78, 5) is 46.7. The Hall–Kier alpha value is -3.65. The number of benzene rings is 1. The fourth-order valence-electron chi connectivity index (χ4n) is 4.87. The first-order valence-corrected chi connectivity index (χ1v) is 14.3. The zero-order valence-corrected chi connectivity index (χ0v) is 25.1. The summed E-state index contributed by atoms with van der Waals surface area (Å²) in [7, 11) is 3.82. The van der Waals surface area contributed by atoms with Gasteiger partial charge in [-0.2, -0.15) is 13.2 Å². The highest BCUT2D eigenvalue weighted by Crippen LogP contribution is 2.32. The van der Waals surface area contributed by atoms with Gasteiger partial charge in [0.2, 0.25) is 0 Å². The second kappa shape index (κ2) is 18.2. The standard InChI is InChI=1S/C24H35F3N2O2.C6H8O7/c1-4-17-28(2)18-7-5-6-8-19-9-13-21(14-10-19)29(3)23(30)31-22-15-11-20(12-16-22)24(25,26)27;7-3(8)1-6(13,5(11)12)2-4(9)10/h4,11-12,15-16,19,21H,1,5-10,13-14,17-18H2,2-3H3;13H,1-2H2,(H,7,8)(H,9,10)(H,11,12). The Balaban J connectivity index is 0.000000627. The molecule has 0 saturated heterocycles. The first kappa shape index (κ1) is 38.4. The fourth-order valence-corrected chi connectivity index (χ4v) is 4.87. The molecule has 0 spiro atoms. The largest absolute Gasteiger partial charge is 0.481 e. The van der Waals surface area contributed by atoms with Crippen LogP contribution in [0.5, 0.6) is 5.75 Å². The number of nitrogens with zero attached hydrogens (tertiary/aromatic N) is 2. The van der Waals surface area contributed by atoms with Crippen molar-refractivity contribution in [2.24, 2.45) is 5.92 Å². The number of aliphatic hydroxyl groups is 1. The Kier molecular flexibility index (Phi) is 15.9. The minimum atomic E-state index is -4.40. The molecule has 0 atom stereocenters. The Labute approximate surface area is 254 Å². The van der Waals surface area contributed by atoms with Crippen LogP contribution >= 0.6 is 0 Å². The van der Waals surface area contributed by atoms with Crippen LogP contribution in [0.2, 0.25) is 0 Å². The summed E-state index contributed by atoms with van der Waals surface area (Å²) in [6.07, 6.45) is 3.69. The zero-order valence-electron chi connectivity index (χ0n) is 25.1. The molecule has 0 aliphatic heterocycles. The molecule has 1 aliphatic rings. The highest BCUT2D eigenvalue weighted by Gasteiger charge is 2.40. The molecule has 44 heavy (non-hydrogen) atoms. The number of amides is 1. The smallest absolute Gasteiger partial charge is 0.416 e. The summed E-state index contributed by atoms with van der Waals surface area (Å²) in [5, 5.41) is 33.8. The van der Waals surface area contributed by atoms with E-state index < -0.39 is 54.2 Å². The third kappa shape index (κ3) is 14.2. The molecule has 1 aromatic rings. The number of carbonyl (C=O) groups is 4. The molecule has 0 aromatic heterocycles. The molecule has 0 unspecified atom stereocenters. The van der Waals surface area contributed by atoms with Gasteiger partial charge in [-0.15, -0.1) is 6.58 Å². The lowest BCUT2D eigenvalue weighted by atomic mass is 9.82. The van der Waals surface area contributed by atoms with Crippen molar-refractivity contribution in [3.8, 4) is 5.75 Å². The molecule has 1 amide bonds. The number of ether oxygens (including phenoxy) is 1. The maximum Gasteiger partial charge on any atom is 0.416 e. The quantitative estimate of drug-likeness (QED) is 0.151. The molecule has 0 radical (unpaired) electrons. The van der Waals surface area contributed by atoms with Crippen LogP contribution in [0.4, 0.5) is 18.0 Å². The van der Waals surface area contributed by atoms with Crippen molar-refractivity contribution < 1.29 is 57.5 Å². The van der Waals surface area contributed by atoms with E-state index in [-0.39, 0.29) is 11.8 Å². The summed E-state index contributed by atoms with van der Waals surface area (Å²) in [5.41, 5.74) is -3.50. The van der Waals surface area contributed by atoms with Crippen molar-refractivity contribution in [3.05, 3.63) is 42.5 Å². The molecule has 0 bridgehead atoms. The minimum absolute atomic E-state index is 0.116. The number of carboxylic acid groups (broad SMARTS) is 3. The third-order valence-electron chi connectivity index (χ3n) is 7.42. The van der Waals surface area contributed by atoms with E-state index in [1.165, 1.54) is 37.8 Å². The molecule has 248 valence electrons. The number of carbonyl (C=O) groups excluding carboxylic acids is 1. The van der Waals surface area contributed by atoms with Crippen LogP contribution in [0, 0.1) is 5.92 Å². The van der Waals surface area contributed by atoms with Gasteiger partial charge in [0.05, 0.1) is 18.4 Å². The van der Waals surface area contributed by atoms with Crippen LogP contribution in [-0.4, -0.2) is 93.1 Å². The zero-order chi connectivity index (χ0) is 33.5. The van der Waals surface area contributed by atoms with Crippen LogP contribution in [-0.2, 0) is 20.6 Å². The van der Waals surface area contributed by atoms with E-state index in [0.717, 1.165) is 50.9 Å². The summed E-state index contributed by atoms with van der Waals surface area (Å²) >= 11 is 0. The van der Waals surface area contributed by atoms with Crippen molar-refractivity contribution in [1.82, 2.24) is 9.80 Å². The third-order valence-corrected chi connectivity index (χ3v) is 7.42. The molecule has 1 fully saturated rings. The average molecular weight is 633 g/mol. The summed E-state index contributed by atoms with van der Waals surface area (Å²) in [6.45, 7) is 5.79. The Morgan fingerprint density at radius 3 is 1.93 bits per heavy atom. The predicted octanol–water partition coefficient (Wildman–Crippen LogP) is 5.12. The van der Waals surface area contributed by atoms with E-state index in [1.54, 1.807) is 11.9 Å². The van der Waals surface area contributed by atoms with Gasteiger partial charge in [-0.05, 0) is 75.9 Å². The predicted molar refractivity (Wildman–Crippen MR) is 154 cm³/mol. The topological polar surface area (TPSA) is 165 Å². The Morgan fingerprint density at radius 2 is 1.48 bits per heavy atom. The van der Waals surface area contributed by atoms with Crippen molar-refractivity contribution >= 4 is 24.0 Å². The van der Waals surface area contributed by atoms with Gasteiger partial charge < -0.3 is 35.0 Å². The molecule has 11 nitrogen and oxygen atoms in total. The summed E-state index contributed by atoms with van der Waals surface area (Å²) in [5.74, 6) is -4.19. The number of rotatable bonds is 15. The van der Waals surface area contributed by atoms with Crippen molar-refractivity contribution in [3.63, 3.8) is 0 Å². The van der Waals surface area contributed by atoms with Gasteiger partial charge in [0.1, 0.15) is 5.75 Å². The fraction of sp³-hybridized carbons (Fsp3) is 0.600. The number of alkyl halides is 3. The number of unbranched alkanes of at least 4 members (excludes halogenated alkanes) is 2. The maximum atomic E-state index is 12.6. The van der Waals surface area contributed by atoms with Gasteiger partial charge >= 0.3 is 30.2 Å². The number of aliphatic carboxylic acids is 3. The van der Waals surface area contributed by atoms with Crippen molar-refractivity contribution in [2.75, 3.05) is 27.2 Å². The number of hydrogen-bond donors (Lipinski definition) is 4. The van der Waals surface area contributed by atoms with Crippen molar-refractivity contribution in [1.29, 1.82) is 0 Å². The lowest BCUT2D eigenvalue weighted by molar-refractivity contribution is -0.170. The number of likely N-dealkylation sites (N-methyl/N-ethyl adjacent to an activating group) is 1. The van der Waals surface area contributed by atoms with Crippen molar-refractivity contribution in [2.45, 2.75) is 82.0 Å². The lowest BCUT2D eigenvalue weighted by Gasteiger charge is -2.34. The maximum absolute atomic E-state index is 12.6. The van der Waals surface area contributed by atoms with E-state index in [1.807, 2.05) is 6.08 Å². The lowest BCUT2D eigenvalue weighted by Crippen LogP contribution is -2.42. The summed E-state index contributed by atoms with van der Waals surface area (Å²) < 4.78 is 43.2. The molecule has 14 heteroatoms. The van der Waals surface area contributed by atoms with Crippen LogP contribution < -0.4 is 4.74 Å². The first-order valence-electron chi connectivity index (χ1n) is 14.3. The van der Waals surface area contributed by atoms with Gasteiger partial charge in [-0.25, -0.2) is 9.59 Å². The van der Waals surface area contributed by atoms with E-state index in [0.29, 0.717) is 5.92 Å². The van der Waals surface area contributed by atoms with Gasteiger partial charge in [0.25, 0.3) is 0 Å². The normalized spacial score (nSPS) is 16.8. The molecule has 0 heterocycles. The van der Waals surface area contributed by atoms with Gasteiger partial charge in [-0.3, -0.25) is 9.59 Å². The highest BCUT2D eigenvalue weighted by atomic mass is 19.4. The first-order chi connectivity index (χ1) is 20.5. The molecule has 2 rings (SSSR count). The minimum Gasteiger partial charge on any atom is -0.481 e. The molecule has 1 aliphatic carbocycles. The van der Waals surface area contributed by atoms with Gasteiger partial charge in [0.15, 0.2) is 5.60 Å². The van der Waals surface area contributed by atoms with Gasteiger partial charge in [0, 0.05) is 19.6 Å². The van der Waals surface area contributed by atoms with Crippen LogP contribution in [0.25, 0.3) is 0 Å². The molecule has 4 N–H and O–H groups in total. The second-order valence-corrected chi connectivity index (χ2v) is 11.1. The number of carboxylic acids is 3. The van der Waals surface area contributed by atoms with E-state index >= 15 is 0 Å². The SMILES string of the molecule is C=CCN(C)CCCCCC1CCC(N(C)C(=O)Oc2ccc(C(F)(F)F)cc2)CC1.O=C(O)CC(O)(CC(=O)O)C(=O)O. The van der Waals surface area contributed by atoms with Crippen LogP contribution in [0.3, 0.4) is 0 Å². The number of halogens is 3. The van der Waals surface area contributed by atoms with E-state index in [4.69, 9.17) is 25.2 Å².